The number of rotatable bonds is 7. The zero-order valence-electron chi connectivity index (χ0n) is 34.0. The molecule has 2 aromatic rings. The van der Waals surface area contributed by atoms with Crippen LogP contribution in [0.2, 0.25) is 0 Å². The third-order valence-electron chi connectivity index (χ3n) is 12.1. The van der Waals surface area contributed by atoms with Crippen molar-refractivity contribution >= 4 is 44.7 Å². The number of hydrogen-bond acceptors (Lipinski definition) is 10. The number of sulfonamides is 1. The first-order valence-corrected chi connectivity index (χ1v) is 21.3. The fraction of sp³-hybridized carbons (Fsp3) is 0.625. The van der Waals surface area contributed by atoms with E-state index >= 15 is 0 Å². The van der Waals surface area contributed by atoms with Crippen molar-refractivity contribution in [2.75, 3.05) is 20.3 Å². The molecule has 316 valence electrons. The summed E-state index contributed by atoms with van der Waals surface area (Å²) >= 11 is 0. The Morgan fingerprint density at radius 1 is 1.12 bits per heavy atom. The summed E-state index contributed by atoms with van der Waals surface area (Å²) in [5.41, 5.74) is -4.09. The van der Waals surface area contributed by atoms with Gasteiger partial charge in [-0.2, -0.15) is 13.2 Å². The largest absolute Gasteiger partial charge is 1.00 e. The molecular formula is C40H50F3KN5O9S+. The van der Waals surface area contributed by atoms with E-state index in [1.165, 1.54) is 31.1 Å². The molecule has 5 atom stereocenters. The molecule has 1 aromatic carbocycles. The first-order chi connectivity index (χ1) is 27.3. The normalized spacial score (nSPS) is 28.3. The van der Waals surface area contributed by atoms with Crippen molar-refractivity contribution < 1.29 is 106 Å². The maximum atomic E-state index is 14.7. The summed E-state index contributed by atoms with van der Waals surface area (Å²) in [6.07, 6.45) is 1.32. The second kappa shape index (κ2) is 17.1. The van der Waals surface area contributed by atoms with Gasteiger partial charge in [0, 0.05) is 23.3 Å². The number of nitrogens with zero attached hydrogens (tertiary/aromatic N) is 2. The summed E-state index contributed by atoms with van der Waals surface area (Å²) in [6.45, 7) is 4.99. The van der Waals surface area contributed by atoms with Gasteiger partial charge < -0.3 is 29.7 Å². The second-order valence-electron chi connectivity index (χ2n) is 17.0. The number of aromatic nitrogens is 1. The van der Waals surface area contributed by atoms with Crippen LogP contribution in [0.4, 0.5) is 18.0 Å². The Bertz CT molecular complexity index is 2150. The molecule has 7 rings (SSSR count). The fourth-order valence-electron chi connectivity index (χ4n) is 8.25. The average Bonchev–Trinajstić information content (AvgIpc) is 4.06. The van der Waals surface area contributed by atoms with Crippen molar-refractivity contribution in [1.29, 1.82) is 0 Å². The maximum Gasteiger partial charge on any atom is 1.00 e. The number of pyridine rings is 1. The summed E-state index contributed by atoms with van der Waals surface area (Å²) in [5.74, 6) is -3.05. The number of amides is 4. The predicted octanol–water partition coefficient (Wildman–Crippen LogP) is 2.08. The summed E-state index contributed by atoms with van der Waals surface area (Å²) in [6, 6.07) is 1.98. The van der Waals surface area contributed by atoms with Crippen LogP contribution < -0.4 is 76.2 Å². The molecule has 3 aliphatic heterocycles. The van der Waals surface area contributed by atoms with Crippen LogP contribution in [-0.2, 0) is 41.7 Å². The van der Waals surface area contributed by atoms with Gasteiger partial charge in [0.1, 0.15) is 29.0 Å². The molecule has 2 saturated carbocycles. The van der Waals surface area contributed by atoms with E-state index in [-0.39, 0.29) is 114 Å². The van der Waals surface area contributed by atoms with E-state index < -0.39 is 85.3 Å². The summed E-state index contributed by atoms with van der Waals surface area (Å²) < 4.78 is 88.7. The number of carbonyl (C=O) groups is 4. The number of nitrogens with one attached hydrogen (secondary N) is 3. The minimum Gasteiger partial charge on any atom is -0.497 e. The molecule has 59 heavy (non-hydrogen) atoms. The molecule has 2 aliphatic carbocycles. The zero-order chi connectivity index (χ0) is 41.8. The quantitative estimate of drug-likeness (QED) is 0.275. The molecule has 1 spiro atoms. The molecule has 3 fully saturated rings. The molecule has 0 bridgehead atoms. The Morgan fingerprint density at radius 2 is 1.86 bits per heavy atom. The number of allylic oxidation sites excluding steroid dienone is 1. The average molecular weight is 873 g/mol. The van der Waals surface area contributed by atoms with Crippen molar-refractivity contribution in [2.24, 2.45) is 11.8 Å². The molecule has 19 heteroatoms. The van der Waals surface area contributed by atoms with Crippen molar-refractivity contribution in [3.63, 3.8) is 0 Å². The summed E-state index contributed by atoms with van der Waals surface area (Å²) in [7, 11) is -2.65. The van der Waals surface area contributed by atoms with Crippen LogP contribution in [0.5, 0.6) is 11.5 Å². The minimum absolute atomic E-state index is 0. The van der Waals surface area contributed by atoms with Gasteiger partial charge in [-0.25, -0.2) is 18.2 Å². The topological polar surface area (TPSA) is 182 Å². The first-order valence-electron chi connectivity index (χ1n) is 19.9. The molecule has 5 aliphatic rings. The minimum atomic E-state index is -4.93. The van der Waals surface area contributed by atoms with E-state index in [1.54, 1.807) is 12.1 Å². The van der Waals surface area contributed by atoms with Crippen molar-refractivity contribution in [2.45, 2.75) is 126 Å². The molecule has 14 nitrogen and oxygen atoms in total. The number of alkyl halides is 3. The number of ether oxygens (including phenoxy) is 3. The predicted molar refractivity (Wildman–Crippen MR) is 204 cm³/mol. The van der Waals surface area contributed by atoms with Gasteiger partial charge in [0.15, 0.2) is 11.4 Å². The van der Waals surface area contributed by atoms with Crippen LogP contribution in [0.15, 0.2) is 30.4 Å². The number of hydrogen-bond donors (Lipinski definition) is 3. The van der Waals surface area contributed by atoms with Gasteiger partial charge in [0.2, 0.25) is 21.8 Å². The number of aryl methyl sites for hydroxylation is 1. The van der Waals surface area contributed by atoms with Crippen LogP contribution in [0.25, 0.3) is 10.9 Å². The van der Waals surface area contributed by atoms with Crippen LogP contribution in [0.1, 0.15) is 96.2 Å². The molecule has 1 saturated heterocycles. The second-order valence-corrected chi connectivity index (χ2v) is 19.2. The Labute approximate surface area is 384 Å². The van der Waals surface area contributed by atoms with Gasteiger partial charge in [0.25, 0.3) is 5.91 Å². The van der Waals surface area contributed by atoms with Gasteiger partial charge in [0.05, 0.1) is 30.5 Å². The Hall–Kier alpha value is -2.97. The van der Waals surface area contributed by atoms with Crippen molar-refractivity contribution in [3.8, 4) is 11.5 Å². The Kier molecular flexibility index (Phi) is 13.2. The number of halogens is 3. The van der Waals surface area contributed by atoms with Gasteiger partial charge >= 0.3 is 63.7 Å². The van der Waals surface area contributed by atoms with Crippen molar-refractivity contribution in [1.82, 2.24) is 25.2 Å². The number of methoxy groups -OCH3 is 1. The van der Waals surface area contributed by atoms with E-state index in [0.717, 1.165) is 0 Å². The molecular weight excluding hydrogens is 823 g/mol. The summed E-state index contributed by atoms with van der Waals surface area (Å²) in [5, 5.41) is 5.85. The van der Waals surface area contributed by atoms with E-state index in [1.807, 2.05) is 19.9 Å². The summed E-state index contributed by atoms with van der Waals surface area (Å²) in [4.78, 5) is 61.4. The van der Waals surface area contributed by atoms with Crippen LogP contribution in [-0.4, -0.2) is 90.3 Å². The smallest absolute Gasteiger partial charge is 0.497 e. The third kappa shape index (κ3) is 9.29. The molecule has 3 N–H and O–H groups in total. The number of benzene rings is 1. The number of fused-ring (bicyclic) bond motifs is 5. The van der Waals surface area contributed by atoms with Gasteiger partial charge in [-0.15, -0.1) is 0 Å². The van der Waals surface area contributed by atoms with E-state index in [9.17, 15) is 40.8 Å². The third-order valence-corrected chi connectivity index (χ3v) is 14.3. The zero-order valence-corrected chi connectivity index (χ0v) is 37.9. The number of alkyl carbamates (subject to hydrolysis) is 1. The van der Waals surface area contributed by atoms with Crippen molar-refractivity contribution in [3.05, 3.63) is 41.6 Å². The van der Waals surface area contributed by atoms with Gasteiger partial charge in [-0.05, 0) is 82.4 Å². The van der Waals surface area contributed by atoms with E-state index in [0.29, 0.717) is 49.7 Å². The van der Waals surface area contributed by atoms with Gasteiger partial charge in [-0.1, -0.05) is 38.8 Å². The number of carbonyl (C=O) groups excluding carboxylic acids is 4. The fourth-order valence-corrected chi connectivity index (χ4v) is 9.57. The van der Waals surface area contributed by atoms with E-state index in [2.05, 4.69) is 20.3 Å². The maximum absolute atomic E-state index is 14.7. The van der Waals surface area contributed by atoms with Crippen LogP contribution >= 0.6 is 0 Å². The van der Waals surface area contributed by atoms with Crippen LogP contribution in [0.3, 0.4) is 0 Å². The molecule has 0 unspecified atom stereocenters. The first kappa shape index (κ1) is 45.6. The molecule has 0 radical (unpaired) electrons. The molecule has 4 heterocycles. The van der Waals surface area contributed by atoms with E-state index in [4.69, 9.17) is 14.2 Å². The van der Waals surface area contributed by atoms with Crippen LogP contribution in [0, 0.1) is 11.8 Å². The SMILES string of the molecule is COc1ccc2nc(C(F)(F)F)c3c(c2c1)CC[C@]1(C[C@H]2C(=O)N[C@]4(C(=O)NS(=O)(=O)C5(C)CC5)C[C@H]4/C=C\CCCCC[C@H](NC(=O)OCC(C)C)C(=O)N2C1)O3.[K+]. The Morgan fingerprint density at radius 3 is 2.54 bits per heavy atom. The monoisotopic (exact) mass is 872 g/mol. The van der Waals surface area contributed by atoms with Gasteiger partial charge in [-0.3, -0.25) is 19.1 Å². The standard InChI is InChI=1S/C40H50F3N5O9S.K/c1-23(2)21-56-36(52)45-29-11-9-7-5-6-8-10-24-19-39(24,35(51)47-58(53,54)37(3)16-17-37)46-33(49)30-20-38(22-48(30)34(29)50)15-14-26-27-18-25(55-4)12-13-28(27)44-32(31(26)57-38)40(41,42)43;/h8,10,12-13,18,23-24,29-30H,5-7,9,11,14-17,19-22H2,1-4H3,(H,45,52)(H,46,49)(H,47,51);/q;+1/b10-8-;/t24-,29+,30+,38-,39-;/m1./s1. The Balaban J connectivity index is 0.00000585. The molecule has 1 aromatic heterocycles. The molecule has 4 amide bonds.